The molecule has 0 saturated carbocycles. The van der Waals surface area contributed by atoms with Crippen molar-refractivity contribution in [2.45, 2.75) is 142 Å². The van der Waals surface area contributed by atoms with Gasteiger partial charge in [0, 0.05) is 28.7 Å². The van der Waals surface area contributed by atoms with E-state index < -0.39 is 10.0 Å². The van der Waals surface area contributed by atoms with Crippen LogP contribution in [0.4, 0.5) is 0 Å². The van der Waals surface area contributed by atoms with E-state index in [1.807, 2.05) is 12.1 Å². The van der Waals surface area contributed by atoms with Gasteiger partial charge in [0.05, 0.1) is 24.7 Å². The van der Waals surface area contributed by atoms with Gasteiger partial charge in [-0.05, 0) is 81.8 Å². The van der Waals surface area contributed by atoms with Crippen molar-refractivity contribution in [3.05, 3.63) is 23.3 Å². The SMILES string of the molecule is COc1c(C(C)(C)C)cc(S(=O)(=O)N2CC(C)(C)CC2CON2C(C)(C)CCCC2(C)C)cc1C(C)(C)C. The molecule has 3 rings (SSSR count). The van der Waals surface area contributed by atoms with Crippen molar-refractivity contribution in [1.29, 1.82) is 0 Å². The van der Waals surface area contributed by atoms with E-state index in [4.69, 9.17) is 9.57 Å². The van der Waals surface area contributed by atoms with Gasteiger partial charge in [-0.1, -0.05) is 55.4 Å². The number of nitrogens with zero attached hydrogens (tertiary/aromatic N) is 2. The summed E-state index contributed by atoms with van der Waals surface area (Å²) in [4.78, 5) is 6.89. The molecule has 1 atom stereocenters. The Kier molecular flexibility index (Phi) is 8.29. The summed E-state index contributed by atoms with van der Waals surface area (Å²) in [6.45, 7) is 26.6. The quantitative estimate of drug-likeness (QED) is 0.380. The van der Waals surface area contributed by atoms with Crippen molar-refractivity contribution in [3.8, 4) is 5.75 Å². The molecule has 0 N–H and O–H groups in total. The fraction of sp³-hybridized carbons (Fsp3) is 0.806. The first-order valence-corrected chi connectivity index (χ1v) is 15.7. The van der Waals surface area contributed by atoms with E-state index in [0.29, 0.717) is 18.0 Å². The van der Waals surface area contributed by atoms with E-state index in [-0.39, 0.29) is 33.4 Å². The number of hydroxylamine groups is 2. The first-order valence-electron chi connectivity index (χ1n) is 14.2. The van der Waals surface area contributed by atoms with E-state index >= 15 is 0 Å². The monoisotopic (exact) mass is 550 g/mol. The van der Waals surface area contributed by atoms with Crippen molar-refractivity contribution < 1.29 is 18.0 Å². The molecule has 6 nitrogen and oxygen atoms in total. The number of ether oxygens (including phenoxy) is 1. The number of methoxy groups -OCH3 is 1. The standard InChI is InChI=1S/C31H54N2O4S/c1-27(2,3)24-17-23(18-25(26(24)36-13)28(4,5)6)38(34,35)32-21-29(7,8)19-22(32)20-37-33-30(9,10)15-14-16-31(33,11)12/h17-18,22H,14-16,19-21H2,1-13H3. The minimum atomic E-state index is -3.78. The smallest absolute Gasteiger partial charge is 0.243 e. The Hall–Kier alpha value is -1.15. The first kappa shape index (κ1) is 31.4. The Morgan fingerprint density at radius 2 is 1.37 bits per heavy atom. The second-order valence-corrected chi connectivity index (χ2v) is 17.6. The van der Waals surface area contributed by atoms with Crippen molar-refractivity contribution in [2.75, 3.05) is 20.3 Å². The van der Waals surface area contributed by atoms with E-state index in [1.165, 1.54) is 6.42 Å². The molecule has 0 aromatic heterocycles. The highest BCUT2D eigenvalue weighted by Crippen LogP contribution is 2.45. The first-order chi connectivity index (χ1) is 17.0. The summed E-state index contributed by atoms with van der Waals surface area (Å²) in [5, 5.41) is 2.14. The molecule has 2 aliphatic rings. The molecular weight excluding hydrogens is 496 g/mol. The maximum Gasteiger partial charge on any atom is 0.243 e. The minimum Gasteiger partial charge on any atom is -0.496 e. The highest BCUT2D eigenvalue weighted by Gasteiger charge is 2.47. The van der Waals surface area contributed by atoms with Gasteiger partial charge in [-0.3, -0.25) is 4.84 Å². The zero-order valence-electron chi connectivity index (χ0n) is 26.4. The molecule has 0 spiro atoms. The summed E-state index contributed by atoms with van der Waals surface area (Å²) in [7, 11) is -2.11. The summed E-state index contributed by atoms with van der Waals surface area (Å²) in [6.07, 6.45) is 4.05. The molecule has 7 heteroatoms. The van der Waals surface area contributed by atoms with Crippen molar-refractivity contribution in [1.82, 2.24) is 9.37 Å². The molecule has 2 aliphatic heterocycles. The lowest BCUT2D eigenvalue weighted by Crippen LogP contribution is -2.59. The zero-order valence-corrected chi connectivity index (χ0v) is 27.2. The summed E-state index contributed by atoms with van der Waals surface area (Å²) in [5.74, 6) is 0.778. The Balaban J connectivity index is 2.05. The van der Waals surface area contributed by atoms with Gasteiger partial charge in [0.1, 0.15) is 5.75 Å². The molecule has 0 amide bonds. The lowest BCUT2D eigenvalue weighted by molar-refractivity contribution is -0.284. The predicted octanol–water partition coefficient (Wildman–Crippen LogP) is 7.05. The molecule has 2 saturated heterocycles. The van der Waals surface area contributed by atoms with Crippen LogP contribution in [0, 0.1) is 5.41 Å². The Morgan fingerprint density at radius 3 is 1.79 bits per heavy atom. The molecule has 1 aromatic carbocycles. The lowest BCUT2D eigenvalue weighted by Gasteiger charge is -2.51. The largest absolute Gasteiger partial charge is 0.496 e. The number of benzene rings is 1. The predicted molar refractivity (Wildman–Crippen MR) is 156 cm³/mol. The normalized spacial score (nSPS) is 24.5. The molecule has 218 valence electrons. The molecule has 0 bridgehead atoms. The number of rotatable bonds is 6. The number of hydrogen-bond donors (Lipinski definition) is 0. The Bertz CT molecular complexity index is 1070. The zero-order chi connectivity index (χ0) is 29.1. The average Bonchev–Trinajstić information content (AvgIpc) is 3.05. The van der Waals surface area contributed by atoms with Gasteiger partial charge >= 0.3 is 0 Å². The van der Waals surface area contributed by atoms with Crippen LogP contribution in [0.15, 0.2) is 17.0 Å². The summed E-state index contributed by atoms with van der Waals surface area (Å²) >= 11 is 0. The third kappa shape index (κ3) is 6.26. The topological polar surface area (TPSA) is 59.1 Å². The fourth-order valence-electron chi connectivity index (χ4n) is 6.49. The van der Waals surface area contributed by atoms with E-state index in [0.717, 1.165) is 36.1 Å². The summed E-state index contributed by atoms with van der Waals surface area (Å²) in [6, 6.07) is 3.44. The van der Waals surface area contributed by atoms with Gasteiger partial charge < -0.3 is 4.74 Å². The van der Waals surface area contributed by atoms with Crippen molar-refractivity contribution in [3.63, 3.8) is 0 Å². The number of piperidine rings is 1. The number of sulfonamides is 1. The van der Waals surface area contributed by atoms with Gasteiger partial charge in [-0.15, -0.1) is 0 Å². The highest BCUT2D eigenvalue weighted by molar-refractivity contribution is 7.89. The Labute approximate surface area is 233 Å². The second-order valence-electron chi connectivity index (χ2n) is 15.7. The Morgan fingerprint density at radius 1 is 0.895 bits per heavy atom. The van der Waals surface area contributed by atoms with Crippen LogP contribution in [0.5, 0.6) is 5.75 Å². The maximum absolute atomic E-state index is 14.4. The highest BCUT2D eigenvalue weighted by atomic mass is 32.2. The van der Waals surface area contributed by atoms with Gasteiger partial charge in [0.25, 0.3) is 0 Å². The molecule has 1 aromatic rings. The van der Waals surface area contributed by atoms with Crippen LogP contribution < -0.4 is 4.74 Å². The molecule has 0 aliphatic carbocycles. The maximum atomic E-state index is 14.4. The minimum absolute atomic E-state index is 0.0984. The van der Waals surface area contributed by atoms with Crippen molar-refractivity contribution in [2.24, 2.45) is 5.41 Å². The van der Waals surface area contributed by atoms with Gasteiger partial charge in [0.2, 0.25) is 10.0 Å². The molecule has 1 unspecified atom stereocenters. The third-order valence-corrected chi connectivity index (χ3v) is 10.2. The van der Waals surface area contributed by atoms with E-state index in [2.05, 4.69) is 88.1 Å². The molecule has 2 fully saturated rings. The van der Waals surface area contributed by atoms with E-state index in [9.17, 15) is 8.42 Å². The van der Waals surface area contributed by atoms with E-state index in [1.54, 1.807) is 11.4 Å². The second kappa shape index (κ2) is 10.0. The van der Waals surface area contributed by atoms with Crippen molar-refractivity contribution >= 4 is 10.0 Å². The van der Waals surface area contributed by atoms with Crippen LogP contribution in [0.2, 0.25) is 0 Å². The van der Waals surface area contributed by atoms with Gasteiger partial charge in [-0.2, -0.15) is 9.37 Å². The lowest BCUT2D eigenvalue weighted by atomic mass is 9.79. The fourth-order valence-corrected chi connectivity index (χ4v) is 8.34. The molecule has 0 radical (unpaired) electrons. The molecule has 2 heterocycles. The molecular formula is C31H54N2O4S. The number of hydrogen-bond acceptors (Lipinski definition) is 5. The van der Waals surface area contributed by atoms with Crippen LogP contribution >= 0.6 is 0 Å². The molecule has 38 heavy (non-hydrogen) atoms. The van der Waals surface area contributed by atoms with Crippen LogP contribution in [0.3, 0.4) is 0 Å². The van der Waals surface area contributed by atoms with Crippen LogP contribution in [-0.4, -0.2) is 55.2 Å². The van der Waals surface area contributed by atoms with Crippen LogP contribution in [0.25, 0.3) is 0 Å². The van der Waals surface area contributed by atoms with Gasteiger partial charge in [0.15, 0.2) is 0 Å². The van der Waals surface area contributed by atoms with Crippen LogP contribution in [-0.2, 0) is 25.7 Å². The third-order valence-electron chi connectivity index (χ3n) is 8.34. The van der Waals surface area contributed by atoms with Gasteiger partial charge in [-0.25, -0.2) is 8.42 Å². The van der Waals surface area contributed by atoms with Crippen LogP contribution in [0.1, 0.15) is 120 Å². The summed E-state index contributed by atoms with van der Waals surface area (Å²) in [5.41, 5.74) is 0.922. The summed E-state index contributed by atoms with van der Waals surface area (Å²) < 4.78 is 36.4. The average molecular weight is 551 g/mol.